The number of aromatic nitrogens is 1. The third-order valence-corrected chi connectivity index (χ3v) is 3.46. The van der Waals surface area contributed by atoms with Crippen LogP contribution in [0.2, 0.25) is 0 Å². The summed E-state index contributed by atoms with van der Waals surface area (Å²) in [4.78, 5) is 4.27. The van der Waals surface area contributed by atoms with Crippen LogP contribution in [-0.4, -0.2) is 24.7 Å². The first-order chi connectivity index (χ1) is 8.11. The highest BCUT2D eigenvalue weighted by Crippen LogP contribution is 2.22. The van der Waals surface area contributed by atoms with E-state index in [0.29, 0.717) is 5.92 Å². The minimum absolute atomic E-state index is 0.704. The van der Waals surface area contributed by atoms with Crippen molar-refractivity contribution in [2.24, 2.45) is 5.92 Å². The van der Waals surface area contributed by atoms with Crippen molar-refractivity contribution in [2.45, 2.75) is 27.2 Å². The number of nitrogens with one attached hydrogen (secondary N) is 1. The van der Waals surface area contributed by atoms with Gasteiger partial charge in [0.2, 0.25) is 0 Å². The Morgan fingerprint density at radius 1 is 1.41 bits per heavy atom. The van der Waals surface area contributed by atoms with Gasteiger partial charge in [0, 0.05) is 19.3 Å². The van der Waals surface area contributed by atoms with Crippen molar-refractivity contribution in [2.75, 3.05) is 25.1 Å². The fourth-order valence-corrected chi connectivity index (χ4v) is 1.70. The van der Waals surface area contributed by atoms with Gasteiger partial charge in [-0.15, -0.1) is 0 Å². The lowest BCUT2D eigenvalue weighted by atomic mass is 10.1. The molecule has 0 unspecified atom stereocenters. The molecule has 3 nitrogen and oxygen atoms in total. The van der Waals surface area contributed by atoms with Crippen LogP contribution >= 0.6 is 15.9 Å². The van der Waals surface area contributed by atoms with Gasteiger partial charge < -0.3 is 10.1 Å². The molecule has 0 atom stereocenters. The molecule has 4 heteroatoms. The quantitative estimate of drug-likeness (QED) is 0.781. The number of halogens is 1. The molecule has 1 aromatic heterocycles. The zero-order valence-corrected chi connectivity index (χ0v) is 12.4. The molecule has 0 aliphatic rings. The summed E-state index contributed by atoms with van der Waals surface area (Å²) in [6.07, 6.45) is 2.93. The summed E-state index contributed by atoms with van der Waals surface area (Å²) in [6, 6.07) is 1.98. The summed E-state index contributed by atoms with van der Waals surface area (Å²) < 4.78 is 6.56. The molecule has 0 aliphatic heterocycles. The largest absolute Gasteiger partial charge is 0.380 e. The van der Waals surface area contributed by atoms with Gasteiger partial charge in [0.05, 0.1) is 11.1 Å². The second-order valence-electron chi connectivity index (χ2n) is 4.51. The second kappa shape index (κ2) is 7.67. The van der Waals surface area contributed by atoms with Gasteiger partial charge in [-0.3, -0.25) is 0 Å². The van der Waals surface area contributed by atoms with Gasteiger partial charge in [-0.1, -0.05) is 13.8 Å². The lowest BCUT2D eigenvalue weighted by Gasteiger charge is -2.10. The Hall–Kier alpha value is -0.610. The highest BCUT2D eigenvalue weighted by atomic mass is 79.9. The molecule has 0 saturated heterocycles. The zero-order chi connectivity index (χ0) is 12.7. The molecule has 0 amide bonds. The lowest BCUT2D eigenvalue weighted by molar-refractivity contribution is 0.132. The van der Waals surface area contributed by atoms with E-state index in [-0.39, 0.29) is 0 Å². The predicted molar refractivity (Wildman–Crippen MR) is 75.4 cm³/mol. The topological polar surface area (TPSA) is 34.2 Å². The first-order valence-electron chi connectivity index (χ1n) is 6.04. The standard InChI is InChI=1S/C13H21BrN2O/c1-10(2)5-8-17-9-7-16-13-12(14)11(3)4-6-15-13/h4,6,10H,5,7-9H2,1-3H3,(H,15,16). The van der Waals surface area contributed by atoms with Gasteiger partial charge in [0.25, 0.3) is 0 Å². The molecule has 96 valence electrons. The highest BCUT2D eigenvalue weighted by Gasteiger charge is 2.02. The Labute approximate surface area is 112 Å². The Bertz CT molecular complexity index is 342. The molecule has 17 heavy (non-hydrogen) atoms. The van der Waals surface area contributed by atoms with Crippen LogP contribution in [-0.2, 0) is 4.74 Å². The van der Waals surface area contributed by atoms with E-state index >= 15 is 0 Å². The van der Waals surface area contributed by atoms with E-state index < -0.39 is 0 Å². The Morgan fingerprint density at radius 2 is 2.18 bits per heavy atom. The molecular weight excluding hydrogens is 280 g/mol. The maximum atomic E-state index is 5.53. The van der Waals surface area contributed by atoms with Crippen molar-refractivity contribution < 1.29 is 4.74 Å². The van der Waals surface area contributed by atoms with Crippen LogP contribution in [0.1, 0.15) is 25.8 Å². The van der Waals surface area contributed by atoms with Crippen LogP contribution in [0.25, 0.3) is 0 Å². The minimum Gasteiger partial charge on any atom is -0.380 e. The first-order valence-corrected chi connectivity index (χ1v) is 6.83. The summed E-state index contributed by atoms with van der Waals surface area (Å²) in [5.41, 5.74) is 1.18. The first kappa shape index (κ1) is 14.5. The average Bonchev–Trinajstić information content (AvgIpc) is 2.28. The fraction of sp³-hybridized carbons (Fsp3) is 0.615. The maximum Gasteiger partial charge on any atom is 0.140 e. The number of nitrogens with zero attached hydrogens (tertiary/aromatic N) is 1. The summed E-state index contributed by atoms with van der Waals surface area (Å²) in [6.45, 7) is 8.80. The van der Waals surface area contributed by atoms with E-state index in [1.54, 1.807) is 0 Å². The Kier molecular flexibility index (Phi) is 6.52. The molecule has 1 rings (SSSR count). The van der Waals surface area contributed by atoms with Crippen LogP contribution < -0.4 is 5.32 Å². The number of hydrogen-bond donors (Lipinski definition) is 1. The van der Waals surface area contributed by atoms with Crippen molar-refractivity contribution in [3.05, 3.63) is 22.3 Å². The molecule has 1 aromatic rings. The molecule has 1 heterocycles. The van der Waals surface area contributed by atoms with E-state index in [0.717, 1.165) is 36.5 Å². The third kappa shape index (κ3) is 5.50. The molecule has 0 bridgehead atoms. The van der Waals surface area contributed by atoms with Gasteiger partial charge in [-0.25, -0.2) is 4.98 Å². The van der Waals surface area contributed by atoms with Crippen molar-refractivity contribution in [1.29, 1.82) is 0 Å². The number of anilines is 1. The van der Waals surface area contributed by atoms with Gasteiger partial charge in [-0.05, 0) is 46.8 Å². The van der Waals surface area contributed by atoms with Gasteiger partial charge in [0.1, 0.15) is 5.82 Å². The molecule has 0 saturated carbocycles. The molecule has 0 spiro atoms. The molecule has 0 fully saturated rings. The Balaban J connectivity index is 2.20. The second-order valence-corrected chi connectivity index (χ2v) is 5.31. The van der Waals surface area contributed by atoms with Crippen molar-refractivity contribution in [3.63, 3.8) is 0 Å². The van der Waals surface area contributed by atoms with Crippen LogP contribution in [0.3, 0.4) is 0 Å². The predicted octanol–water partition coefficient (Wildman–Crippen LogP) is 3.63. The molecule has 1 N–H and O–H groups in total. The van der Waals surface area contributed by atoms with Gasteiger partial charge in [-0.2, -0.15) is 0 Å². The number of hydrogen-bond acceptors (Lipinski definition) is 3. The SMILES string of the molecule is Cc1ccnc(NCCOCCC(C)C)c1Br. The van der Waals surface area contributed by atoms with Crippen LogP contribution in [0.5, 0.6) is 0 Å². The molecule has 0 aromatic carbocycles. The van der Waals surface area contributed by atoms with E-state index in [4.69, 9.17) is 4.74 Å². The van der Waals surface area contributed by atoms with Gasteiger partial charge in [0.15, 0.2) is 0 Å². The van der Waals surface area contributed by atoms with E-state index in [1.807, 2.05) is 12.3 Å². The highest BCUT2D eigenvalue weighted by molar-refractivity contribution is 9.10. The minimum atomic E-state index is 0.704. The number of aryl methyl sites for hydroxylation is 1. The van der Waals surface area contributed by atoms with E-state index in [1.165, 1.54) is 5.56 Å². The average molecular weight is 301 g/mol. The normalized spacial score (nSPS) is 10.9. The molecule has 0 radical (unpaired) electrons. The summed E-state index contributed by atoms with van der Waals surface area (Å²) in [5, 5.41) is 3.26. The van der Waals surface area contributed by atoms with E-state index in [9.17, 15) is 0 Å². The molecule has 0 aliphatic carbocycles. The molecular formula is C13H21BrN2O. The number of rotatable bonds is 7. The van der Waals surface area contributed by atoms with E-state index in [2.05, 4.69) is 47.0 Å². The maximum absolute atomic E-state index is 5.53. The lowest BCUT2D eigenvalue weighted by Crippen LogP contribution is -2.12. The zero-order valence-electron chi connectivity index (χ0n) is 10.8. The summed E-state index contributed by atoms with van der Waals surface area (Å²) >= 11 is 3.52. The van der Waals surface area contributed by atoms with Crippen molar-refractivity contribution in [1.82, 2.24) is 4.98 Å². The Morgan fingerprint density at radius 3 is 2.88 bits per heavy atom. The van der Waals surface area contributed by atoms with Crippen LogP contribution in [0.15, 0.2) is 16.7 Å². The number of ether oxygens (including phenoxy) is 1. The summed E-state index contributed by atoms with van der Waals surface area (Å²) in [7, 11) is 0. The fourth-order valence-electron chi connectivity index (χ4n) is 1.33. The number of pyridine rings is 1. The van der Waals surface area contributed by atoms with Crippen molar-refractivity contribution >= 4 is 21.7 Å². The monoisotopic (exact) mass is 300 g/mol. The third-order valence-electron chi connectivity index (χ3n) is 2.46. The summed E-state index contributed by atoms with van der Waals surface area (Å²) in [5.74, 6) is 1.59. The van der Waals surface area contributed by atoms with Crippen LogP contribution in [0, 0.1) is 12.8 Å². The van der Waals surface area contributed by atoms with Crippen molar-refractivity contribution in [3.8, 4) is 0 Å². The van der Waals surface area contributed by atoms with Gasteiger partial charge >= 0.3 is 0 Å². The van der Waals surface area contributed by atoms with Crippen LogP contribution in [0.4, 0.5) is 5.82 Å². The smallest absolute Gasteiger partial charge is 0.140 e.